The fraction of sp³-hybridized carbons (Fsp3) is 0.348. The standard InChI is InChI=1S/C23H26N4O5S/c1-26-13-5-8-21(26)25-33(30,31)18-11-9-17(10-12-18)24-23(29)16-14-22(28)27(15-16)19-6-3-4-7-20(19)32-2/h3-4,6-7,9-12,16H,5,8,13-15H2,1-2H3,(H,24,29)/b25-21-. The van der Waals surface area contributed by atoms with Gasteiger partial charge in [-0.15, -0.1) is 4.40 Å². The number of likely N-dealkylation sites (tertiary alicyclic amines) is 1. The number of rotatable bonds is 6. The predicted octanol–water partition coefficient (Wildman–Crippen LogP) is 2.50. The summed E-state index contributed by atoms with van der Waals surface area (Å²) in [5.74, 6) is 0.130. The van der Waals surface area contributed by atoms with Crippen molar-refractivity contribution in [2.45, 2.75) is 24.2 Å². The van der Waals surface area contributed by atoms with Gasteiger partial charge in [0.2, 0.25) is 11.8 Å². The largest absolute Gasteiger partial charge is 0.495 e. The third kappa shape index (κ3) is 4.85. The summed E-state index contributed by atoms with van der Waals surface area (Å²) in [6.07, 6.45) is 1.60. The highest BCUT2D eigenvalue weighted by Gasteiger charge is 2.36. The molecule has 2 fully saturated rings. The van der Waals surface area contributed by atoms with Crippen LogP contribution in [0, 0.1) is 5.92 Å². The monoisotopic (exact) mass is 470 g/mol. The SMILES string of the molecule is COc1ccccc1N1CC(C(=O)Nc2ccc(S(=O)(=O)/N=C3/CCCN3C)cc2)CC1=O. The molecular formula is C23H26N4O5S. The summed E-state index contributed by atoms with van der Waals surface area (Å²) in [5, 5.41) is 2.78. The molecule has 0 spiro atoms. The Hall–Kier alpha value is -3.40. The molecule has 0 aliphatic carbocycles. The van der Waals surface area contributed by atoms with Crippen molar-refractivity contribution in [2.24, 2.45) is 10.3 Å². The highest BCUT2D eigenvalue weighted by molar-refractivity contribution is 7.90. The Kier molecular flexibility index (Phi) is 6.37. The molecule has 1 atom stereocenters. The lowest BCUT2D eigenvalue weighted by atomic mass is 10.1. The number of hydrogen-bond donors (Lipinski definition) is 1. The second-order valence-electron chi connectivity index (χ2n) is 8.10. The fourth-order valence-corrected chi connectivity index (χ4v) is 5.12. The minimum atomic E-state index is -3.82. The van der Waals surface area contributed by atoms with Crippen LogP contribution in [0.1, 0.15) is 19.3 Å². The van der Waals surface area contributed by atoms with Gasteiger partial charge in [-0.3, -0.25) is 9.59 Å². The molecule has 2 aromatic rings. The average Bonchev–Trinajstić information content (AvgIpc) is 3.39. The van der Waals surface area contributed by atoms with E-state index >= 15 is 0 Å². The molecule has 1 N–H and O–H groups in total. The van der Waals surface area contributed by atoms with Gasteiger partial charge in [0.05, 0.1) is 23.6 Å². The van der Waals surface area contributed by atoms with Crippen molar-refractivity contribution in [1.29, 1.82) is 0 Å². The Bertz CT molecular complexity index is 1190. The lowest BCUT2D eigenvalue weighted by molar-refractivity contribution is -0.122. The minimum absolute atomic E-state index is 0.0618. The quantitative estimate of drug-likeness (QED) is 0.695. The van der Waals surface area contributed by atoms with Crippen LogP contribution in [0.5, 0.6) is 5.75 Å². The molecule has 0 radical (unpaired) electrons. The third-order valence-electron chi connectivity index (χ3n) is 5.85. The van der Waals surface area contributed by atoms with Crippen molar-refractivity contribution in [3.8, 4) is 5.75 Å². The van der Waals surface area contributed by atoms with Crippen molar-refractivity contribution in [2.75, 3.05) is 37.5 Å². The average molecular weight is 471 g/mol. The van der Waals surface area contributed by atoms with Gasteiger partial charge in [0, 0.05) is 38.7 Å². The van der Waals surface area contributed by atoms with E-state index in [1.165, 1.54) is 31.4 Å². The van der Waals surface area contributed by atoms with E-state index in [-0.39, 0.29) is 29.7 Å². The summed E-state index contributed by atoms with van der Waals surface area (Å²) in [7, 11) is -0.464. The van der Waals surface area contributed by atoms with E-state index in [0.29, 0.717) is 29.4 Å². The maximum atomic E-state index is 12.8. The van der Waals surface area contributed by atoms with E-state index in [4.69, 9.17) is 4.74 Å². The van der Waals surface area contributed by atoms with Crippen molar-refractivity contribution < 1.29 is 22.7 Å². The summed E-state index contributed by atoms with van der Waals surface area (Å²) in [6, 6.07) is 13.1. The number of sulfonamides is 1. The normalized spacial score (nSPS) is 19.9. The number of amides is 2. The van der Waals surface area contributed by atoms with Crippen molar-refractivity contribution >= 4 is 39.0 Å². The van der Waals surface area contributed by atoms with Crippen LogP contribution in [0.2, 0.25) is 0 Å². The lowest BCUT2D eigenvalue weighted by Crippen LogP contribution is -2.28. The lowest BCUT2D eigenvalue weighted by Gasteiger charge is -2.19. The van der Waals surface area contributed by atoms with E-state index < -0.39 is 15.9 Å². The number of methoxy groups -OCH3 is 1. The second kappa shape index (κ2) is 9.22. The van der Waals surface area contributed by atoms with Crippen LogP contribution >= 0.6 is 0 Å². The number of anilines is 2. The molecule has 2 aromatic carbocycles. The summed E-state index contributed by atoms with van der Waals surface area (Å²) in [5.41, 5.74) is 1.08. The molecule has 10 heteroatoms. The molecule has 2 heterocycles. The van der Waals surface area contributed by atoms with Gasteiger partial charge in [0.15, 0.2) is 0 Å². The second-order valence-corrected chi connectivity index (χ2v) is 9.70. The number of nitrogens with zero attached hydrogens (tertiary/aromatic N) is 3. The number of nitrogens with one attached hydrogen (secondary N) is 1. The van der Waals surface area contributed by atoms with Gasteiger partial charge in [-0.1, -0.05) is 12.1 Å². The molecule has 2 saturated heterocycles. The Morgan fingerprint density at radius 1 is 1.15 bits per heavy atom. The van der Waals surface area contributed by atoms with E-state index in [2.05, 4.69) is 9.71 Å². The van der Waals surface area contributed by atoms with Crippen LogP contribution in [-0.2, 0) is 19.6 Å². The van der Waals surface area contributed by atoms with Gasteiger partial charge in [0.1, 0.15) is 11.6 Å². The van der Waals surface area contributed by atoms with Crippen molar-refractivity contribution in [3.63, 3.8) is 0 Å². The predicted molar refractivity (Wildman–Crippen MR) is 125 cm³/mol. The zero-order chi connectivity index (χ0) is 23.6. The van der Waals surface area contributed by atoms with Gasteiger partial charge in [-0.25, -0.2) is 0 Å². The van der Waals surface area contributed by atoms with Gasteiger partial charge in [-0.2, -0.15) is 8.42 Å². The number of benzene rings is 2. The minimum Gasteiger partial charge on any atom is -0.495 e. The molecule has 174 valence electrons. The van der Waals surface area contributed by atoms with Gasteiger partial charge in [0.25, 0.3) is 10.0 Å². The van der Waals surface area contributed by atoms with E-state index in [1.807, 2.05) is 24.1 Å². The Balaban J connectivity index is 1.42. The van der Waals surface area contributed by atoms with Crippen LogP contribution in [0.3, 0.4) is 0 Å². The van der Waals surface area contributed by atoms with Crippen molar-refractivity contribution in [1.82, 2.24) is 4.90 Å². The molecule has 2 aliphatic rings. The first-order valence-corrected chi connectivity index (χ1v) is 12.1. The zero-order valence-electron chi connectivity index (χ0n) is 18.5. The smallest absolute Gasteiger partial charge is 0.283 e. The Morgan fingerprint density at radius 2 is 1.88 bits per heavy atom. The fourth-order valence-electron chi connectivity index (χ4n) is 4.02. The van der Waals surface area contributed by atoms with Crippen LogP contribution < -0.4 is 15.0 Å². The molecule has 2 aliphatic heterocycles. The third-order valence-corrected chi connectivity index (χ3v) is 7.17. The summed E-state index contributed by atoms with van der Waals surface area (Å²) >= 11 is 0. The first-order chi connectivity index (χ1) is 15.8. The molecule has 0 aromatic heterocycles. The molecule has 0 bridgehead atoms. The first-order valence-electron chi connectivity index (χ1n) is 10.7. The highest BCUT2D eigenvalue weighted by atomic mass is 32.2. The van der Waals surface area contributed by atoms with Crippen LogP contribution in [0.4, 0.5) is 11.4 Å². The van der Waals surface area contributed by atoms with E-state index in [9.17, 15) is 18.0 Å². The van der Waals surface area contributed by atoms with E-state index in [1.54, 1.807) is 17.0 Å². The number of carbonyl (C=O) groups is 2. The maximum absolute atomic E-state index is 12.8. The first kappa shape index (κ1) is 22.8. The zero-order valence-corrected chi connectivity index (χ0v) is 19.3. The molecular weight excluding hydrogens is 444 g/mol. The van der Waals surface area contributed by atoms with Crippen LogP contribution in [0.25, 0.3) is 0 Å². The Morgan fingerprint density at radius 3 is 2.55 bits per heavy atom. The maximum Gasteiger partial charge on any atom is 0.283 e. The number of para-hydroxylation sites is 2. The van der Waals surface area contributed by atoms with Gasteiger partial charge < -0.3 is 19.9 Å². The van der Waals surface area contributed by atoms with Crippen molar-refractivity contribution in [3.05, 3.63) is 48.5 Å². The summed E-state index contributed by atoms with van der Waals surface area (Å²) in [4.78, 5) is 28.8. The molecule has 0 saturated carbocycles. The number of hydrogen-bond acceptors (Lipinski definition) is 5. The molecule has 2 amide bonds. The molecule has 4 rings (SSSR count). The van der Waals surface area contributed by atoms with Crippen LogP contribution in [-0.4, -0.2) is 58.2 Å². The molecule has 1 unspecified atom stereocenters. The topological polar surface area (TPSA) is 108 Å². The number of carbonyl (C=O) groups excluding carboxylic acids is 2. The van der Waals surface area contributed by atoms with E-state index in [0.717, 1.165) is 13.0 Å². The molecule has 33 heavy (non-hydrogen) atoms. The van der Waals surface area contributed by atoms with Gasteiger partial charge in [-0.05, 0) is 42.8 Å². The number of amidine groups is 1. The summed E-state index contributed by atoms with van der Waals surface area (Å²) < 4.78 is 34.4. The van der Waals surface area contributed by atoms with Gasteiger partial charge >= 0.3 is 0 Å². The molecule has 9 nitrogen and oxygen atoms in total. The Labute approximate surface area is 193 Å². The van der Waals surface area contributed by atoms with Crippen LogP contribution in [0.15, 0.2) is 57.8 Å². The number of ether oxygens (including phenoxy) is 1. The highest BCUT2D eigenvalue weighted by Crippen LogP contribution is 2.33. The summed E-state index contributed by atoms with van der Waals surface area (Å²) in [6.45, 7) is 1.03.